The quantitative estimate of drug-likeness (QED) is 0.699. The van der Waals surface area contributed by atoms with Crippen LogP contribution in [-0.4, -0.2) is 15.5 Å². The number of sulfonamides is 1. The Morgan fingerprint density at radius 2 is 1.72 bits per heavy atom. The summed E-state index contributed by atoms with van der Waals surface area (Å²) < 4.78 is 33.3. The largest absolute Gasteiger partial charge is 0.421 e. The molecule has 130 valence electrons. The first-order valence-corrected chi connectivity index (χ1v) is 9.15. The first-order valence-electron chi connectivity index (χ1n) is 7.67. The van der Waals surface area contributed by atoms with Gasteiger partial charge in [-0.2, -0.15) is 0 Å². The number of hydrogen-bond donors (Lipinski definition) is 2. The molecule has 0 unspecified atom stereocenters. The van der Waals surface area contributed by atoms with Gasteiger partial charge in [0.1, 0.15) is 5.58 Å². The molecule has 1 heterocycles. The Morgan fingerprint density at radius 1 is 1.00 bits per heavy atom. The molecular formula is C18H18N2O4S. The highest BCUT2D eigenvalue weighted by Crippen LogP contribution is 2.30. The molecule has 0 fully saturated rings. The minimum absolute atomic E-state index is 0.127. The minimum Gasteiger partial charge on any atom is -0.421 e. The molecule has 3 rings (SSSR count). The number of nitrogens with one attached hydrogen (secondary N) is 2. The highest BCUT2D eigenvalue weighted by Gasteiger charge is 2.22. The first-order chi connectivity index (χ1) is 11.8. The Hall–Kier alpha value is -2.80. The van der Waals surface area contributed by atoms with E-state index in [2.05, 4.69) is 10.0 Å². The minimum atomic E-state index is -3.94. The molecule has 3 aromatic rings. The third kappa shape index (κ3) is 3.10. The predicted octanol–water partition coefficient (Wildman–Crippen LogP) is 3.25. The molecule has 2 aromatic carbocycles. The molecule has 7 heteroatoms. The van der Waals surface area contributed by atoms with Crippen molar-refractivity contribution >= 4 is 32.4 Å². The molecule has 0 amide bonds. The van der Waals surface area contributed by atoms with Crippen molar-refractivity contribution in [3.8, 4) is 0 Å². The summed E-state index contributed by atoms with van der Waals surface area (Å²) in [5, 5.41) is 3.51. The average molecular weight is 358 g/mol. The van der Waals surface area contributed by atoms with Gasteiger partial charge in [0.15, 0.2) is 5.69 Å². The zero-order valence-corrected chi connectivity index (χ0v) is 14.9. The lowest BCUT2D eigenvalue weighted by Crippen LogP contribution is -2.21. The number of aryl methyl sites for hydroxylation is 2. The smallest absolute Gasteiger partial charge is 0.363 e. The molecular weight excluding hydrogens is 340 g/mol. The van der Waals surface area contributed by atoms with E-state index in [-0.39, 0.29) is 10.6 Å². The monoisotopic (exact) mass is 358 g/mol. The van der Waals surface area contributed by atoms with Crippen LogP contribution in [0.25, 0.3) is 11.0 Å². The molecule has 2 N–H and O–H groups in total. The van der Waals surface area contributed by atoms with E-state index in [9.17, 15) is 13.2 Å². The van der Waals surface area contributed by atoms with Gasteiger partial charge in [-0.25, -0.2) is 13.2 Å². The van der Waals surface area contributed by atoms with Crippen molar-refractivity contribution in [2.75, 3.05) is 17.1 Å². The summed E-state index contributed by atoms with van der Waals surface area (Å²) >= 11 is 0. The fourth-order valence-electron chi connectivity index (χ4n) is 2.69. The molecule has 0 aliphatic carbocycles. The number of hydrogen-bond acceptors (Lipinski definition) is 5. The zero-order valence-electron chi connectivity index (χ0n) is 14.1. The SMILES string of the molecule is CNc1c(NS(=O)(=O)c2cc(C)ccc2C)c(=O)oc2ccccc12. The van der Waals surface area contributed by atoms with Crippen molar-refractivity contribution < 1.29 is 12.8 Å². The third-order valence-corrected chi connectivity index (χ3v) is 5.42. The van der Waals surface area contributed by atoms with Crippen LogP contribution in [0.3, 0.4) is 0 Å². The number of fused-ring (bicyclic) bond motifs is 1. The van der Waals surface area contributed by atoms with Gasteiger partial charge in [-0.3, -0.25) is 4.72 Å². The predicted molar refractivity (Wildman–Crippen MR) is 98.8 cm³/mol. The second kappa shape index (κ2) is 6.25. The summed E-state index contributed by atoms with van der Waals surface area (Å²) in [7, 11) is -2.32. The van der Waals surface area contributed by atoms with Gasteiger partial charge in [0, 0.05) is 12.4 Å². The van der Waals surface area contributed by atoms with E-state index in [1.165, 1.54) is 0 Å². The van der Waals surface area contributed by atoms with Crippen LogP contribution in [0.2, 0.25) is 0 Å². The Balaban J connectivity index is 2.19. The number of benzene rings is 2. The molecule has 0 radical (unpaired) electrons. The topological polar surface area (TPSA) is 88.4 Å². The summed E-state index contributed by atoms with van der Waals surface area (Å²) in [6, 6.07) is 12.1. The molecule has 0 bridgehead atoms. The normalized spacial score (nSPS) is 11.5. The van der Waals surface area contributed by atoms with Gasteiger partial charge in [0.05, 0.1) is 10.6 Å². The van der Waals surface area contributed by atoms with Gasteiger partial charge >= 0.3 is 5.63 Å². The lowest BCUT2D eigenvalue weighted by atomic mass is 10.2. The molecule has 0 spiro atoms. The van der Waals surface area contributed by atoms with Gasteiger partial charge < -0.3 is 9.73 Å². The molecule has 1 aromatic heterocycles. The summed E-state index contributed by atoms with van der Waals surface area (Å²) in [5.74, 6) is 0. The third-order valence-electron chi connectivity index (χ3n) is 3.93. The Bertz CT molecular complexity index is 1120. The van der Waals surface area contributed by atoms with E-state index >= 15 is 0 Å². The highest BCUT2D eigenvalue weighted by atomic mass is 32.2. The lowest BCUT2D eigenvalue weighted by molar-refractivity contribution is 0.563. The Labute approximate surface area is 145 Å². The van der Waals surface area contributed by atoms with Crippen LogP contribution >= 0.6 is 0 Å². The van der Waals surface area contributed by atoms with Crippen LogP contribution in [0.4, 0.5) is 11.4 Å². The maximum Gasteiger partial charge on any atom is 0.363 e. The summed E-state index contributed by atoms with van der Waals surface area (Å²) in [4.78, 5) is 12.5. The molecule has 0 saturated carbocycles. The van der Waals surface area contributed by atoms with Crippen LogP contribution in [0, 0.1) is 13.8 Å². The maximum atomic E-state index is 12.8. The van der Waals surface area contributed by atoms with Crippen molar-refractivity contribution in [3.05, 3.63) is 64.0 Å². The molecule has 0 aliphatic rings. The highest BCUT2D eigenvalue weighted by molar-refractivity contribution is 7.92. The van der Waals surface area contributed by atoms with E-state index in [4.69, 9.17) is 4.42 Å². The van der Waals surface area contributed by atoms with E-state index in [1.54, 1.807) is 50.4 Å². The van der Waals surface area contributed by atoms with Gasteiger partial charge in [0.2, 0.25) is 0 Å². The van der Waals surface area contributed by atoms with Crippen molar-refractivity contribution in [1.82, 2.24) is 0 Å². The van der Waals surface area contributed by atoms with Crippen molar-refractivity contribution in [2.45, 2.75) is 18.7 Å². The fourth-order valence-corrected chi connectivity index (χ4v) is 4.09. The Morgan fingerprint density at radius 3 is 2.44 bits per heavy atom. The van der Waals surface area contributed by atoms with Crippen LogP contribution in [-0.2, 0) is 10.0 Å². The van der Waals surface area contributed by atoms with Gasteiger partial charge in [-0.05, 0) is 43.2 Å². The van der Waals surface area contributed by atoms with Crippen LogP contribution in [0.15, 0.2) is 56.6 Å². The second-order valence-electron chi connectivity index (χ2n) is 5.76. The summed E-state index contributed by atoms with van der Waals surface area (Å²) in [6.07, 6.45) is 0. The van der Waals surface area contributed by atoms with Gasteiger partial charge in [-0.1, -0.05) is 24.3 Å². The number of rotatable bonds is 4. The fraction of sp³-hybridized carbons (Fsp3) is 0.167. The molecule has 0 aliphatic heterocycles. The van der Waals surface area contributed by atoms with E-state index in [1.807, 2.05) is 13.0 Å². The van der Waals surface area contributed by atoms with E-state index in [0.717, 1.165) is 5.56 Å². The van der Waals surface area contributed by atoms with Crippen LogP contribution in [0.1, 0.15) is 11.1 Å². The molecule has 0 saturated heterocycles. The maximum absolute atomic E-state index is 12.8. The molecule has 6 nitrogen and oxygen atoms in total. The van der Waals surface area contributed by atoms with Crippen LogP contribution in [0.5, 0.6) is 0 Å². The summed E-state index contributed by atoms with van der Waals surface area (Å²) in [6.45, 7) is 3.51. The molecule has 25 heavy (non-hydrogen) atoms. The number of anilines is 2. The van der Waals surface area contributed by atoms with E-state index < -0.39 is 15.6 Å². The molecule has 0 atom stereocenters. The van der Waals surface area contributed by atoms with Gasteiger partial charge in [-0.15, -0.1) is 0 Å². The summed E-state index contributed by atoms with van der Waals surface area (Å²) in [5.41, 5.74) is 1.27. The van der Waals surface area contributed by atoms with Crippen molar-refractivity contribution in [2.24, 2.45) is 0 Å². The Kier molecular flexibility index (Phi) is 4.26. The first kappa shape index (κ1) is 17.0. The van der Waals surface area contributed by atoms with Crippen LogP contribution < -0.4 is 15.7 Å². The zero-order chi connectivity index (χ0) is 18.2. The standard InChI is InChI=1S/C18H18N2O4S/c1-11-8-9-12(2)15(10-11)25(22,23)20-17-16(19-3)13-6-4-5-7-14(13)24-18(17)21/h4-10,19-20H,1-3H3. The van der Waals surface area contributed by atoms with E-state index in [0.29, 0.717) is 22.2 Å². The van der Waals surface area contributed by atoms with Crippen molar-refractivity contribution in [1.29, 1.82) is 0 Å². The number of para-hydroxylation sites is 1. The lowest BCUT2D eigenvalue weighted by Gasteiger charge is -2.14. The second-order valence-corrected chi connectivity index (χ2v) is 7.41. The average Bonchev–Trinajstić information content (AvgIpc) is 2.57. The van der Waals surface area contributed by atoms with Crippen molar-refractivity contribution in [3.63, 3.8) is 0 Å². The van der Waals surface area contributed by atoms with Gasteiger partial charge in [0.25, 0.3) is 10.0 Å².